The minimum absolute atomic E-state index is 0.0318. The molecule has 0 aliphatic heterocycles. The van der Waals surface area contributed by atoms with Crippen molar-refractivity contribution in [2.45, 2.75) is 20.3 Å². The van der Waals surface area contributed by atoms with Crippen LogP contribution >= 0.6 is 0 Å². The van der Waals surface area contributed by atoms with Crippen molar-refractivity contribution in [1.82, 2.24) is 5.32 Å². The highest BCUT2D eigenvalue weighted by atomic mass is 16.3. The molecule has 0 atom stereocenters. The number of hydrogen-bond donors (Lipinski definition) is 2. The van der Waals surface area contributed by atoms with Gasteiger partial charge in [0.15, 0.2) is 0 Å². The van der Waals surface area contributed by atoms with Crippen LogP contribution in [0.1, 0.15) is 20.3 Å². The minimum atomic E-state index is -0.0318. The largest absolute Gasteiger partial charge is 0.392 e. The highest BCUT2D eigenvalue weighted by molar-refractivity contribution is 5.72. The Morgan fingerprint density at radius 1 is 1.54 bits per heavy atom. The Bertz CT molecular complexity index is 219. The molecule has 0 saturated heterocycles. The Morgan fingerprint density at radius 3 is 2.62 bits per heavy atom. The predicted molar refractivity (Wildman–Crippen MR) is 53.3 cm³/mol. The highest BCUT2D eigenvalue weighted by Crippen LogP contribution is 2.02. The van der Waals surface area contributed by atoms with E-state index in [1.165, 1.54) is 6.92 Å². The maximum Gasteiger partial charge on any atom is 0.216 e. The van der Waals surface area contributed by atoms with Crippen LogP contribution in [0.4, 0.5) is 0 Å². The molecule has 0 aromatic rings. The summed E-state index contributed by atoms with van der Waals surface area (Å²) in [5.41, 5.74) is 1.80. The average Bonchev–Trinajstić information content (AvgIpc) is 2.03. The maximum atomic E-state index is 10.5. The molecule has 0 aliphatic rings. The molecular formula is C10H17NO2. The Hall–Kier alpha value is -1.09. The van der Waals surface area contributed by atoms with E-state index >= 15 is 0 Å². The van der Waals surface area contributed by atoms with Crippen molar-refractivity contribution in [2.24, 2.45) is 0 Å². The van der Waals surface area contributed by atoms with Crippen LogP contribution in [0, 0.1) is 0 Å². The molecule has 1 amide bonds. The Kier molecular flexibility index (Phi) is 5.89. The predicted octanol–water partition coefficient (Wildman–Crippen LogP) is 1.01. The number of hydrogen-bond acceptors (Lipinski definition) is 2. The van der Waals surface area contributed by atoms with E-state index in [-0.39, 0.29) is 12.5 Å². The first-order valence-corrected chi connectivity index (χ1v) is 4.26. The molecule has 0 heterocycles. The lowest BCUT2D eigenvalue weighted by molar-refractivity contribution is -0.118. The van der Waals surface area contributed by atoms with Gasteiger partial charge in [-0.05, 0) is 18.9 Å². The molecule has 0 rings (SSSR count). The van der Waals surface area contributed by atoms with Crippen LogP contribution in [0.2, 0.25) is 0 Å². The lowest BCUT2D eigenvalue weighted by Gasteiger charge is -2.02. The number of aliphatic hydroxyl groups is 1. The summed E-state index contributed by atoms with van der Waals surface area (Å²) in [4.78, 5) is 10.5. The third-order valence-electron chi connectivity index (χ3n) is 1.52. The molecule has 74 valence electrons. The molecule has 2 N–H and O–H groups in total. The van der Waals surface area contributed by atoms with Crippen molar-refractivity contribution >= 4 is 5.91 Å². The quantitative estimate of drug-likeness (QED) is 0.625. The monoisotopic (exact) mass is 183 g/mol. The van der Waals surface area contributed by atoms with Gasteiger partial charge in [-0.15, -0.1) is 0 Å². The van der Waals surface area contributed by atoms with Gasteiger partial charge >= 0.3 is 0 Å². The van der Waals surface area contributed by atoms with Crippen molar-refractivity contribution < 1.29 is 9.90 Å². The van der Waals surface area contributed by atoms with E-state index in [9.17, 15) is 4.79 Å². The fourth-order valence-electron chi connectivity index (χ4n) is 0.865. The van der Waals surface area contributed by atoms with Gasteiger partial charge in [-0.3, -0.25) is 4.79 Å². The van der Waals surface area contributed by atoms with Gasteiger partial charge in [-0.1, -0.05) is 18.2 Å². The van der Waals surface area contributed by atoms with Crippen molar-refractivity contribution in [2.75, 3.05) is 13.2 Å². The summed E-state index contributed by atoms with van der Waals surface area (Å²) >= 11 is 0. The molecule has 0 aromatic carbocycles. The van der Waals surface area contributed by atoms with Crippen LogP contribution in [0.25, 0.3) is 0 Å². The summed E-state index contributed by atoms with van der Waals surface area (Å²) in [6, 6.07) is 0. The molecule has 0 aliphatic carbocycles. The number of carbonyl (C=O) groups excluding carboxylic acids is 1. The summed E-state index contributed by atoms with van der Waals surface area (Å²) in [6.45, 7) is 7.78. The molecular weight excluding hydrogens is 166 g/mol. The third kappa shape index (κ3) is 7.28. The van der Waals surface area contributed by atoms with Crippen LogP contribution in [0.5, 0.6) is 0 Å². The summed E-state index contributed by atoms with van der Waals surface area (Å²) < 4.78 is 0. The van der Waals surface area contributed by atoms with Crippen LogP contribution < -0.4 is 5.32 Å². The van der Waals surface area contributed by atoms with Gasteiger partial charge in [0, 0.05) is 13.5 Å². The van der Waals surface area contributed by atoms with Gasteiger partial charge in [0.2, 0.25) is 5.91 Å². The fraction of sp³-hybridized carbons (Fsp3) is 0.500. The van der Waals surface area contributed by atoms with Crippen LogP contribution in [0.3, 0.4) is 0 Å². The molecule has 0 aromatic heterocycles. The standard InChI is InChI=1S/C10H17NO2/c1-8(6-9(2)7-12)4-5-11-10(3)13/h6,12H,1,4-5,7H2,2-3H3,(H,11,13)/b9-6+. The second kappa shape index (κ2) is 6.43. The van der Waals surface area contributed by atoms with E-state index in [0.717, 1.165) is 17.6 Å². The third-order valence-corrected chi connectivity index (χ3v) is 1.52. The first kappa shape index (κ1) is 11.9. The number of aliphatic hydroxyl groups excluding tert-OH is 1. The van der Waals surface area contributed by atoms with E-state index in [2.05, 4.69) is 11.9 Å². The normalized spacial score (nSPS) is 11.2. The second-order valence-corrected chi connectivity index (χ2v) is 3.04. The zero-order chi connectivity index (χ0) is 10.3. The average molecular weight is 183 g/mol. The molecule has 0 bridgehead atoms. The first-order valence-electron chi connectivity index (χ1n) is 4.26. The van der Waals surface area contributed by atoms with E-state index in [0.29, 0.717) is 6.54 Å². The molecule has 0 radical (unpaired) electrons. The van der Waals surface area contributed by atoms with Gasteiger partial charge in [-0.2, -0.15) is 0 Å². The Balaban J connectivity index is 3.69. The van der Waals surface area contributed by atoms with E-state index in [1.807, 2.05) is 13.0 Å². The molecule has 13 heavy (non-hydrogen) atoms. The second-order valence-electron chi connectivity index (χ2n) is 3.04. The van der Waals surface area contributed by atoms with E-state index in [4.69, 9.17) is 5.11 Å². The zero-order valence-electron chi connectivity index (χ0n) is 8.26. The molecule has 0 unspecified atom stereocenters. The van der Waals surface area contributed by atoms with Crippen molar-refractivity contribution in [1.29, 1.82) is 0 Å². The molecule has 3 heteroatoms. The van der Waals surface area contributed by atoms with Gasteiger partial charge in [0.25, 0.3) is 0 Å². The highest BCUT2D eigenvalue weighted by Gasteiger charge is 1.93. The van der Waals surface area contributed by atoms with E-state index in [1.54, 1.807) is 0 Å². The van der Waals surface area contributed by atoms with Crippen molar-refractivity contribution in [3.8, 4) is 0 Å². The molecule has 3 nitrogen and oxygen atoms in total. The van der Waals surface area contributed by atoms with Crippen molar-refractivity contribution in [3.05, 3.63) is 23.8 Å². The molecule has 0 saturated carbocycles. The number of rotatable bonds is 5. The first-order chi connectivity index (χ1) is 6.06. The maximum absolute atomic E-state index is 10.5. The Labute approximate surface area is 79.2 Å². The van der Waals surface area contributed by atoms with Crippen LogP contribution in [-0.4, -0.2) is 24.2 Å². The topological polar surface area (TPSA) is 49.3 Å². The van der Waals surface area contributed by atoms with Gasteiger partial charge < -0.3 is 10.4 Å². The van der Waals surface area contributed by atoms with Gasteiger partial charge in [0.05, 0.1) is 6.61 Å². The van der Waals surface area contributed by atoms with Crippen molar-refractivity contribution in [3.63, 3.8) is 0 Å². The number of nitrogens with one attached hydrogen (secondary N) is 1. The zero-order valence-corrected chi connectivity index (χ0v) is 8.26. The summed E-state index contributed by atoms with van der Waals surface area (Å²) in [6.07, 6.45) is 2.55. The number of allylic oxidation sites excluding steroid dienone is 1. The lowest BCUT2D eigenvalue weighted by atomic mass is 10.1. The van der Waals surface area contributed by atoms with Gasteiger partial charge in [0.1, 0.15) is 0 Å². The number of amides is 1. The van der Waals surface area contributed by atoms with E-state index < -0.39 is 0 Å². The lowest BCUT2D eigenvalue weighted by Crippen LogP contribution is -2.20. The molecule has 0 spiro atoms. The van der Waals surface area contributed by atoms with Crippen LogP contribution in [-0.2, 0) is 4.79 Å². The summed E-state index contributed by atoms with van der Waals surface area (Å²) in [5, 5.41) is 11.4. The summed E-state index contributed by atoms with van der Waals surface area (Å²) in [5.74, 6) is -0.0318. The molecule has 0 fully saturated rings. The minimum Gasteiger partial charge on any atom is -0.392 e. The smallest absolute Gasteiger partial charge is 0.216 e. The number of carbonyl (C=O) groups is 1. The summed E-state index contributed by atoms with van der Waals surface area (Å²) in [7, 11) is 0. The SMILES string of the molecule is C=C(/C=C(\C)CO)CCNC(C)=O. The van der Waals surface area contributed by atoms with Gasteiger partial charge in [-0.25, -0.2) is 0 Å². The van der Waals surface area contributed by atoms with Crippen LogP contribution in [0.15, 0.2) is 23.8 Å². The Morgan fingerprint density at radius 2 is 2.15 bits per heavy atom. The fourth-order valence-corrected chi connectivity index (χ4v) is 0.865.